The molecule has 0 aliphatic rings. The predicted octanol–water partition coefficient (Wildman–Crippen LogP) is 1.15. The van der Waals surface area contributed by atoms with E-state index in [9.17, 15) is 4.79 Å². The van der Waals surface area contributed by atoms with Crippen LogP contribution in [0.1, 0.15) is 16.1 Å². The van der Waals surface area contributed by atoms with E-state index in [1.165, 1.54) is 0 Å². The Hall–Kier alpha value is -2.50. The summed E-state index contributed by atoms with van der Waals surface area (Å²) in [6, 6.07) is 17.3. The van der Waals surface area contributed by atoms with Crippen LogP contribution < -0.4 is 5.46 Å². The maximum absolute atomic E-state index is 12.3. The molecule has 0 fully saturated rings. The second kappa shape index (κ2) is 5.48. The number of hydrogen-bond acceptors (Lipinski definition) is 4. The number of pyridine rings is 1. The van der Waals surface area contributed by atoms with Gasteiger partial charge in [0.2, 0.25) is 5.78 Å². The Balaban J connectivity index is 2.02. The summed E-state index contributed by atoms with van der Waals surface area (Å²) in [6.07, 6.45) is 0. The van der Waals surface area contributed by atoms with Gasteiger partial charge in [-0.2, -0.15) is 0 Å². The third-order valence-corrected chi connectivity index (χ3v) is 3.28. The molecule has 0 spiro atoms. The largest absolute Gasteiger partial charge is 0.488 e. The zero-order chi connectivity index (χ0) is 14.8. The summed E-state index contributed by atoms with van der Waals surface area (Å²) in [4.78, 5) is 16.7. The number of carbonyl (C=O) groups is 1. The quantitative estimate of drug-likeness (QED) is 0.556. The molecule has 3 aromatic rings. The van der Waals surface area contributed by atoms with Gasteiger partial charge in [-0.25, -0.2) is 4.98 Å². The molecule has 4 nitrogen and oxygen atoms in total. The van der Waals surface area contributed by atoms with Gasteiger partial charge in [0.05, 0.1) is 5.52 Å². The molecule has 2 aromatic carbocycles. The van der Waals surface area contributed by atoms with Gasteiger partial charge in [0.15, 0.2) is 0 Å². The lowest BCUT2D eigenvalue weighted by Crippen LogP contribution is -2.29. The first-order valence-corrected chi connectivity index (χ1v) is 6.52. The van der Waals surface area contributed by atoms with Crippen molar-refractivity contribution in [3.05, 3.63) is 71.9 Å². The lowest BCUT2D eigenvalue weighted by atomic mass is 9.80. The number of fused-ring (bicyclic) bond motifs is 1. The first-order valence-electron chi connectivity index (χ1n) is 6.52. The van der Waals surface area contributed by atoms with Crippen molar-refractivity contribution in [2.75, 3.05) is 0 Å². The summed E-state index contributed by atoms with van der Waals surface area (Å²) in [5.74, 6) is -0.135. The highest BCUT2D eigenvalue weighted by atomic mass is 16.4. The molecule has 0 bridgehead atoms. The van der Waals surface area contributed by atoms with Crippen molar-refractivity contribution in [2.24, 2.45) is 0 Å². The molecule has 102 valence electrons. The molecule has 0 aliphatic heterocycles. The second-order valence-corrected chi connectivity index (χ2v) is 4.72. The first-order chi connectivity index (χ1) is 10.1. The van der Waals surface area contributed by atoms with Crippen molar-refractivity contribution < 1.29 is 14.8 Å². The van der Waals surface area contributed by atoms with Crippen molar-refractivity contribution in [2.45, 2.75) is 0 Å². The van der Waals surface area contributed by atoms with Crippen molar-refractivity contribution in [1.82, 2.24) is 4.98 Å². The highest BCUT2D eigenvalue weighted by Gasteiger charge is 2.13. The minimum atomic E-state index is -1.51. The SMILES string of the molecule is O=C(c1ccccc1)c1ccc2cc(B(O)O)ccc2n1. The smallest absolute Gasteiger partial charge is 0.423 e. The van der Waals surface area contributed by atoms with Crippen LogP contribution >= 0.6 is 0 Å². The molecule has 0 aliphatic carbocycles. The zero-order valence-corrected chi connectivity index (χ0v) is 11.1. The van der Waals surface area contributed by atoms with Crippen LogP contribution in [0.3, 0.4) is 0 Å². The Morgan fingerprint density at radius 1 is 0.952 bits per heavy atom. The highest BCUT2D eigenvalue weighted by molar-refractivity contribution is 6.58. The summed E-state index contributed by atoms with van der Waals surface area (Å²) in [5.41, 5.74) is 1.99. The normalized spacial score (nSPS) is 10.6. The average molecular weight is 277 g/mol. The van der Waals surface area contributed by atoms with Gasteiger partial charge in [-0.15, -0.1) is 0 Å². The van der Waals surface area contributed by atoms with E-state index in [0.29, 0.717) is 22.2 Å². The summed E-state index contributed by atoms with van der Waals surface area (Å²) < 4.78 is 0. The predicted molar refractivity (Wildman–Crippen MR) is 81.4 cm³/mol. The van der Waals surface area contributed by atoms with Gasteiger partial charge in [0.1, 0.15) is 5.69 Å². The molecule has 1 aromatic heterocycles. The van der Waals surface area contributed by atoms with Gasteiger partial charge < -0.3 is 10.0 Å². The summed E-state index contributed by atoms with van der Waals surface area (Å²) in [7, 11) is -1.51. The van der Waals surface area contributed by atoms with Crippen LogP contribution in [0.2, 0.25) is 0 Å². The summed E-state index contributed by atoms with van der Waals surface area (Å²) >= 11 is 0. The monoisotopic (exact) mass is 277 g/mol. The van der Waals surface area contributed by atoms with Crippen LogP contribution in [0.15, 0.2) is 60.7 Å². The van der Waals surface area contributed by atoms with E-state index < -0.39 is 7.12 Å². The lowest BCUT2D eigenvalue weighted by molar-refractivity contribution is 0.103. The Morgan fingerprint density at radius 2 is 1.71 bits per heavy atom. The Morgan fingerprint density at radius 3 is 2.43 bits per heavy atom. The molecule has 0 atom stereocenters. The van der Waals surface area contributed by atoms with E-state index in [-0.39, 0.29) is 5.78 Å². The molecule has 0 saturated heterocycles. The molecular weight excluding hydrogens is 265 g/mol. The molecule has 0 unspecified atom stereocenters. The minimum Gasteiger partial charge on any atom is -0.423 e. The van der Waals surface area contributed by atoms with E-state index in [0.717, 1.165) is 5.39 Å². The number of nitrogens with zero attached hydrogens (tertiary/aromatic N) is 1. The minimum absolute atomic E-state index is 0.135. The number of benzene rings is 2. The molecule has 0 radical (unpaired) electrons. The maximum atomic E-state index is 12.3. The number of rotatable bonds is 3. The van der Waals surface area contributed by atoms with Gasteiger partial charge in [-0.05, 0) is 23.0 Å². The van der Waals surface area contributed by atoms with E-state index in [1.807, 2.05) is 18.2 Å². The topological polar surface area (TPSA) is 70.4 Å². The van der Waals surface area contributed by atoms with E-state index in [2.05, 4.69) is 4.98 Å². The molecule has 0 amide bonds. The molecule has 21 heavy (non-hydrogen) atoms. The zero-order valence-electron chi connectivity index (χ0n) is 11.1. The van der Waals surface area contributed by atoms with E-state index >= 15 is 0 Å². The van der Waals surface area contributed by atoms with Gasteiger partial charge >= 0.3 is 7.12 Å². The Labute approximate surface area is 121 Å². The fraction of sp³-hybridized carbons (Fsp3) is 0. The van der Waals surface area contributed by atoms with Crippen LogP contribution in [0.4, 0.5) is 0 Å². The summed E-state index contributed by atoms with van der Waals surface area (Å²) in [5, 5.41) is 19.1. The standard InChI is InChI=1S/C16H12BNO3/c19-16(11-4-2-1-3-5-11)15-8-6-12-10-13(17(20)21)7-9-14(12)18-15/h1-10,20-21H. The third kappa shape index (κ3) is 2.70. The lowest BCUT2D eigenvalue weighted by Gasteiger charge is -2.05. The van der Waals surface area contributed by atoms with Crippen molar-refractivity contribution in [3.8, 4) is 0 Å². The van der Waals surface area contributed by atoms with Gasteiger partial charge in [0, 0.05) is 5.56 Å². The maximum Gasteiger partial charge on any atom is 0.488 e. The Bertz CT molecular complexity index is 803. The highest BCUT2D eigenvalue weighted by Crippen LogP contribution is 2.14. The van der Waals surface area contributed by atoms with Crippen LogP contribution in [-0.2, 0) is 0 Å². The van der Waals surface area contributed by atoms with Crippen molar-refractivity contribution in [3.63, 3.8) is 0 Å². The number of carbonyl (C=O) groups excluding carboxylic acids is 1. The molecule has 0 saturated carbocycles. The Kier molecular flexibility index (Phi) is 3.52. The van der Waals surface area contributed by atoms with Crippen LogP contribution in [-0.4, -0.2) is 27.9 Å². The second-order valence-electron chi connectivity index (χ2n) is 4.72. The number of aromatic nitrogens is 1. The molecule has 3 rings (SSSR count). The fourth-order valence-electron chi connectivity index (χ4n) is 2.17. The van der Waals surface area contributed by atoms with Crippen LogP contribution in [0, 0.1) is 0 Å². The molecule has 1 heterocycles. The first kappa shape index (κ1) is 13.5. The van der Waals surface area contributed by atoms with Gasteiger partial charge in [-0.3, -0.25) is 4.79 Å². The molecule has 5 heteroatoms. The fourth-order valence-corrected chi connectivity index (χ4v) is 2.17. The third-order valence-electron chi connectivity index (χ3n) is 3.28. The molecular formula is C16H12BNO3. The van der Waals surface area contributed by atoms with Crippen molar-refractivity contribution >= 4 is 29.3 Å². The molecule has 2 N–H and O–H groups in total. The number of hydrogen-bond donors (Lipinski definition) is 2. The van der Waals surface area contributed by atoms with Gasteiger partial charge in [0.25, 0.3) is 0 Å². The van der Waals surface area contributed by atoms with Crippen LogP contribution in [0.5, 0.6) is 0 Å². The van der Waals surface area contributed by atoms with Crippen LogP contribution in [0.25, 0.3) is 10.9 Å². The average Bonchev–Trinajstić information content (AvgIpc) is 2.54. The number of ketones is 1. The summed E-state index contributed by atoms with van der Waals surface area (Å²) in [6.45, 7) is 0. The van der Waals surface area contributed by atoms with Crippen molar-refractivity contribution in [1.29, 1.82) is 0 Å². The van der Waals surface area contributed by atoms with Gasteiger partial charge in [-0.1, -0.05) is 48.5 Å². The van der Waals surface area contributed by atoms with E-state index in [4.69, 9.17) is 10.0 Å². The van der Waals surface area contributed by atoms with E-state index in [1.54, 1.807) is 42.5 Å².